The van der Waals surface area contributed by atoms with E-state index in [2.05, 4.69) is 10.3 Å². The highest BCUT2D eigenvalue weighted by atomic mass is 35.5. The van der Waals surface area contributed by atoms with E-state index in [9.17, 15) is 27.9 Å². The average Bonchev–Trinajstić information content (AvgIpc) is 3.42. The number of nitrogens with one attached hydrogen (secondary N) is 2. The number of hydrogen-bond donors (Lipinski definition) is 4. The van der Waals surface area contributed by atoms with Gasteiger partial charge >= 0.3 is 6.18 Å². The topological polar surface area (TPSA) is 132 Å². The molecule has 1 atom stereocenters. The molecule has 1 fully saturated rings. The molecular weight excluding hydrogens is 570 g/mol. The lowest BCUT2D eigenvalue weighted by Crippen LogP contribution is -2.30. The molecule has 4 rings (SSSR count). The Hall–Kier alpha value is -3.83. The molecule has 1 aliphatic rings. The highest BCUT2D eigenvalue weighted by molar-refractivity contribution is 6.00. The van der Waals surface area contributed by atoms with Crippen LogP contribution in [0.5, 0.6) is 5.75 Å². The number of amidine groups is 1. The predicted molar refractivity (Wildman–Crippen MR) is 150 cm³/mol. The van der Waals surface area contributed by atoms with Gasteiger partial charge in [0.25, 0.3) is 5.91 Å². The molecule has 0 bridgehead atoms. The highest BCUT2D eigenvalue weighted by Crippen LogP contribution is 2.36. The lowest BCUT2D eigenvalue weighted by atomic mass is 9.89. The van der Waals surface area contributed by atoms with E-state index in [1.54, 1.807) is 18.3 Å². The summed E-state index contributed by atoms with van der Waals surface area (Å²) in [7, 11) is 0. The van der Waals surface area contributed by atoms with Crippen LogP contribution in [0.4, 0.5) is 18.9 Å². The van der Waals surface area contributed by atoms with E-state index in [-0.39, 0.29) is 59.6 Å². The zero-order valence-electron chi connectivity index (χ0n) is 21.1. The fraction of sp³-hybridized carbons (Fsp3) is 0.259. The zero-order chi connectivity index (χ0) is 27.4. The number of alkyl halides is 3. The van der Waals surface area contributed by atoms with E-state index in [1.165, 1.54) is 35.4 Å². The number of carbonyl (C=O) groups excluding carboxylic acids is 2. The summed E-state index contributed by atoms with van der Waals surface area (Å²) in [6, 6.07) is 10.6. The van der Waals surface area contributed by atoms with E-state index in [4.69, 9.17) is 11.1 Å². The standard InChI is InChI=1S/C27H26F3N5O3.2ClH/c28-27(29,30)22-14-18(6-7-19(22)26(38)35-10-1-2-11-35)34-25(37)21(12-16-4-3-9-33-15-16)20-13-17(24(31)32)5-8-23(20)36;;/h3-9,13-15,21,36H,1-2,10-12H2,(H3,31,32)(H,34,37);2*1H. The number of benzene rings is 2. The van der Waals surface area contributed by atoms with Crippen LogP contribution in [0.25, 0.3) is 0 Å². The molecule has 1 aliphatic heterocycles. The number of aromatic hydroxyl groups is 1. The number of halogens is 5. The quantitative estimate of drug-likeness (QED) is 0.221. The molecule has 8 nitrogen and oxygen atoms in total. The van der Waals surface area contributed by atoms with Gasteiger partial charge in [0.05, 0.1) is 17.0 Å². The Balaban J connectivity index is 0.00000280. The first-order valence-corrected chi connectivity index (χ1v) is 11.9. The lowest BCUT2D eigenvalue weighted by Gasteiger charge is -2.21. The van der Waals surface area contributed by atoms with Crippen molar-refractivity contribution < 1.29 is 27.9 Å². The number of nitrogens with zero attached hydrogens (tertiary/aromatic N) is 2. The van der Waals surface area contributed by atoms with Crippen LogP contribution < -0.4 is 11.1 Å². The maximum atomic E-state index is 13.9. The van der Waals surface area contributed by atoms with Crippen molar-refractivity contribution in [1.29, 1.82) is 5.41 Å². The van der Waals surface area contributed by atoms with E-state index >= 15 is 0 Å². The van der Waals surface area contributed by atoms with Gasteiger partial charge < -0.3 is 21.1 Å². The van der Waals surface area contributed by atoms with E-state index < -0.39 is 35.0 Å². The summed E-state index contributed by atoms with van der Waals surface area (Å²) >= 11 is 0. The van der Waals surface area contributed by atoms with Crippen LogP contribution in [-0.4, -0.2) is 45.7 Å². The molecule has 2 heterocycles. The molecule has 2 amide bonds. The van der Waals surface area contributed by atoms with Crippen LogP contribution in [0.1, 0.15) is 51.4 Å². The van der Waals surface area contributed by atoms with Gasteiger partial charge in [-0.05, 0) is 67.3 Å². The van der Waals surface area contributed by atoms with E-state index in [0.29, 0.717) is 18.7 Å². The molecule has 1 aromatic heterocycles. The molecule has 0 spiro atoms. The third-order valence-electron chi connectivity index (χ3n) is 6.41. The maximum absolute atomic E-state index is 13.9. The minimum Gasteiger partial charge on any atom is -0.508 e. The fourth-order valence-electron chi connectivity index (χ4n) is 4.46. The average molecular weight is 598 g/mol. The summed E-state index contributed by atoms with van der Waals surface area (Å²) in [5.41, 5.74) is 4.87. The SMILES string of the molecule is Cl.Cl.N=C(N)c1ccc(O)c(C(Cc2cccnc2)C(=O)Nc2ccc(C(=O)N3CCCC3)c(C(F)(F)F)c2)c1. The molecule has 0 saturated carbocycles. The van der Waals surface area contributed by atoms with Crippen molar-refractivity contribution in [2.45, 2.75) is 31.4 Å². The third-order valence-corrected chi connectivity index (χ3v) is 6.41. The van der Waals surface area contributed by atoms with E-state index in [0.717, 1.165) is 25.0 Å². The number of anilines is 1. The summed E-state index contributed by atoms with van der Waals surface area (Å²) in [6.07, 6.45) is -0.210. The maximum Gasteiger partial charge on any atom is 0.417 e. The van der Waals surface area contributed by atoms with Gasteiger partial charge in [0, 0.05) is 42.3 Å². The molecule has 2 aromatic carbocycles. The van der Waals surface area contributed by atoms with Gasteiger partial charge in [0.15, 0.2) is 0 Å². The van der Waals surface area contributed by atoms with Crippen molar-refractivity contribution >= 4 is 48.2 Å². The first kappa shape index (κ1) is 32.4. The number of likely N-dealkylation sites (tertiary alicyclic amines) is 1. The normalized spacial score (nSPS) is 13.5. The van der Waals surface area contributed by atoms with Crippen molar-refractivity contribution in [1.82, 2.24) is 9.88 Å². The molecule has 40 heavy (non-hydrogen) atoms. The van der Waals surface area contributed by atoms with Crippen molar-refractivity contribution in [3.63, 3.8) is 0 Å². The van der Waals surface area contributed by atoms with Crippen LogP contribution in [-0.2, 0) is 17.4 Å². The minimum absolute atomic E-state index is 0. The molecule has 0 radical (unpaired) electrons. The minimum atomic E-state index is -4.82. The summed E-state index contributed by atoms with van der Waals surface area (Å²) < 4.78 is 41.8. The molecule has 214 valence electrons. The number of pyridine rings is 1. The Labute approximate surface area is 241 Å². The van der Waals surface area contributed by atoms with Crippen LogP contribution in [0.3, 0.4) is 0 Å². The van der Waals surface area contributed by atoms with Crippen molar-refractivity contribution in [3.05, 3.63) is 88.7 Å². The molecule has 1 saturated heterocycles. The summed E-state index contributed by atoms with van der Waals surface area (Å²) in [5, 5.41) is 20.7. The second-order valence-corrected chi connectivity index (χ2v) is 9.05. The number of aromatic nitrogens is 1. The monoisotopic (exact) mass is 597 g/mol. The third kappa shape index (κ3) is 7.42. The predicted octanol–water partition coefficient (Wildman–Crippen LogP) is 5.13. The number of carbonyl (C=O) groups is 2. The number of phenols is 1. The zero-order valence-corrected chi connectivity index (χ0v) is 22.7. The van der Waals surface area contributed by atoms with Gasteiger partial charge in [-0.15, -0.1) is 24.8 Å². The molecule has 5 N–H and O–H groups in total. The molecule has 1 unspecified atom stereocenters. The van der Waals surface area contributed by atoms with Gasteiger partial charge in [-0.2, -0.15) is 13.2 Å². The van der Waals surface area contributed by atoms with Crippen LogP contribution >= 0.6 is 24.8 Å². The van der Waals surface area contributed by atoms with Crippen LogP contribution in [0.2, 0.25) is 0 Å². The van der Waals surface area contributed by atoms with Gasteiger partial charge in [-0.1, -0.05) is 6.07 Å². The van der Waals surface area contributed by atoms with Crippen LogP contribution in [0.15, 0.2) is 60.9 Å². The summed E-state index contributed by atoms with van der Waals surface area (Å²) in [5.74, 6) is -2.97. The molecule has 3 aromatic rings. The first-order valence-electron chi connectivity index (χ1n) is 11.9. The smallest absolute Gasteiger partial charge is 0.417 e. The number of phenolic OH excluding ortho intramolecular Hbond substituents is 1. The molecule has 13 heteroatoms. The first-order chi connectivity index (χ1) is 18.0. The lowest BCUT2D eigenvalue weighted by molar-refractivity contribution is -0.138. The Morgan fingerprint density at radius 3 is 2.40 bits per heavy atom. The Morgan fingerprint density at radius 1 is 1.10 bits per heavy atom. The number of rotatable bonds is 7. The molecule has 0 aliphatic carbocycles. The largest absolute Gasteiger partial charge is 0.508 e. The Morgan fingerprint density at radius 2 is 1.80 bits per heavy atom. The van der Waals surface area contributed by atoms with E-state index in [1.807, 2.05) is 0 Å². The highest BCUT2D eigenvalue weighted by Gasteiger charge is 2.37. The summed E-state index contributed by atoms with van der Waals surface area (Å²) in [4.78, 5) is 31.6. The van der Waals surface area contributed by atoms with Gasteiger partial charge in [0.1, 0.15) is 11.6 Å². The number of amides is 2. The van der Waals surface area contributed by atoms with Gasteiger partial charge in [-0.25, -0.2) is 0 Å². The Kier molecular flexibility index (Phi) is 10.9. The number of hydrogen-bond acceptors (Lipinski definition) is 5. The van der Waals surface area contributed by atoms with Crippen molar-refractivity contribution in [2.24, 2.45) is 5.73 Å². The number of nitrogens with two attached hydrogens (primary N) is 1. The Bertz CT molecular complexity index is 1370. The summed E-state index contributed by atoms with van der Waals surface area (Å²) in [6.45, 7) is 0.793. The second kappa shape index (κ2) is 13.5. The van der Waals surface area contributed by atoms with Gasteiger partial charge in [-0.3, -0.25) is 20.0 Å². The van der Waals surface area contributed by atoms with Crippen molar-refractivity contribution in [3.8, 4) is 5.75 Å². The van der Waals surface area contributed by atoms with Crippen LogP contribution in [0, 0.1) is 5.41 Å². The fourth-order valence-corrected chi connectivity index (χ4v) is 4.46. The van der Waals surface area contributed by atoms with Crippen molar-refractivity contribution in [2.75, 3.05) is 18.4 Å². The molecular formula is C27H28Cl2F3N5O3. The van der Waals surface area contributed by atoms with Gasteiger partial charge in [0.2, 0.25) is 5.91 Å². The number of nitrogen functional groups attached to an aromatic ring is 1. The second-order valence-electron chi connectivity index (χ2n) is 9.05.